The lowest BCUT2D eigenvalue weighted by molar-refractivity contribution is -0.138. The van der Waals surface area contributed by atoms with Crippen molar-refractivity contribution in [2.45, 2.75) is 38.8 Å². The van der Waals surface area contributed by atoms with Crippen LogP contribution >= 0.6 is 0 Å². The minimum absolute atomic E-state index is 0.130. The van der Waals surface area contributed by atoms with Crippen LogP contribution in [-0.4, -0.2) is 28.8 Å². The molecule has 1 aliphatic heterocycles. The maximum absolute atomic E-state index is 13.9. The lowest BCUT2D eigenvalue weighted by atomic mass is 10.1. The molecule has 1 aliphatic rings. The van der Waals surface area contributed by atoms with Crippen molar-refractivity contribution in [2.24, 2.45) is 0 Å². The third kappa shape index (κ3) is 2.96. The first-order valence-electron chi connectivity index (χ1n) is 6.33. The van der Waals surface area contributed by atoms with Gasteiger partial charge in [-0.15, -0.1) is 0 Å². The average molecular weight is 299 g/mol. The first-order valence-corrected chi connectivity index (χ1v) is 6.33. The van der Waals surface area contributed by atoms with E-state index >= 15 is 0 Å². The van der Waals surface area contributed by atoms with Crippen LogP contribution in [0.3, 0.4) is 0 Å². The van der Waals surface area contributed by atoms with Gasteiger partial charge in [0.1, 0.15) is 23.3 Å². The van der Waals surface area contributed by atoms with E-state index in [0.29, 0.717) is 6.07 Å². The zero-order valence-corrected chi connectivity index (χ0v) is 11.8. The topological polar surface area (TPSA) is 66.8 Å². The zero-order chi connectivity index (χ0) is 15.9. The Labute approximate surface area is 120 Å². The van der Waals surface area contributed by atoms with Gasteiger partial charge in [0.05, 0.1) is 5.69 Å². The van der Waals surface area contributed by atoms with Crippen LogP contribution in [0.4, 0.5) is 19.3 Å². The van der Waals surface area contributed by atoms with E-state index in [9.17, 15) is 23.5 Å². The smallest absolute Gasteiger partial charge is 0.415 e. The lowest BCUT2D eigenvalue weighted by Crippen LogP contribution is -2.45. The summed E-state index contributed by atoms with van der Waals surface area (Å²) in [4.78, 5) is 24.2. The molecule has 0 fully saturated rings. The first kappa shape index (κ1) is 15.2. The van der Waals surface area contributed by atoms with Crippen molar-refractivity contribution in [3.8, 4) is 0 Å². The van der Waals surface area contributed by atoms with Crippen molar-refractivity contribution < 1.29 is 28.2 Å². The molecule has 0 unspecified atom stereocenters. The Hall–Kier alpha value is -2.18. The van der Waals surface area contributed by atoms with E-state index in [-0.39, 0.29) is 17.7 Å². The maximum Gasteiger partial charge on any atom is 0.415 e. The molecule has 0 spiro atoms. The number of ether oxygens (including phenoxy) is 1. The van der Waals surface area contributed by atoms with E-state index in [2.05, 4.69) is 0 Å². The minimum atomic E-state index is -1.31. The van der Waals surface area contributed by atoms with Gasteiger partial charge < -0.3 is 9.84 Å². The number of carbonyl (C=O) groups is 2. The van der Waals surface area contributed by atoms with Gasteiger partial charge in [-0.1, -0.05) is 0 Å². The zero-order valence-electron chi connectivity index (χ0n) is 11.8. The summed E-state index contributed by atoms with van der Waals surface area (Å²) in [5.41, 5.74) is -0.969. The molecule has 0 saturated heterocycles. The predicted molar refractivity (Wildman–Crippen MR) is 70.2 cm³/mol. The Balaban J connectivity index is 2.47. The standard InChI is InChI=1S/C14H15F2NO4/c1-14(2,3)21-13(20)17-10(12(18)19)5-7-4-8(15)6-9(16)11(7)17/h4,6,10H,5H2,1-3H3,(H,18,19)/t10-/m0/s1. The lowest BCUT2D eigenvalue weighted by Gasteiger charge is -2.27. The molecule has 0 saturated carbocycles. The summed E-state index contributed by atoms with van der Waals surface area (Å²) >= 11 is 0. The van der Waals surface area contributed by atoms with Crippen molar-refractivity contribution in [3.05, 3.63) is 29.3 Å². The Morgan fingerprint density at radius 1 is 1.33 bits per heavy atom. The third-order valence-corrected chi connectivity index (χ3v) is 2.95. The number of carboxylic acid groups (broad SMARTS) is 1. The van der Waals surface area contributed by atoms with Crippen molar-refractivity contribution in [1.29, 1.82) is 0 Å². The normalized spacial score (nSPS) is 17.6. The van der Waals surface area contributed by atoms with Crippen LogP contribution in [0, 0.1) is 11.6 Å². The van der Waals surface area contributed by atoms with Crippen LogP contribution in [0.2, 0.25) is 0 Å². The van der Waals surface area contributed by atoms with Crippen LogP contribution in [0.25, 0.3) is 0 Å². The Morgan fingerprint density at radius 2 is 1.95 bits per heavy atom. The second-order valence-electron chi connectivity index (χ2n) is 5.80. The molecule has 1 amide bonds. The summed E-state index contributed by atoms with van der Waals surface area (Å²) in [6.45, 7) is 4.83. The largest absolute Gasteiger partial charge is 0.480 e. The Morgan fingerprint density at radius 3 is 2.48 bits per heavy atom. The molecule has 1 N–H and O–H groups in total. The van der Waals surface area contributed by atoms with E-state index in [1.807, 2.05) is 0 Å². The highest BCUT2D eigenvalue weighted by molar-refractivity contribution is 5.98. The van der Waals surface area contributed by atoms with Crippen LogP contribution in [0.1, 0.15) is 26.3 Å². The molecule has 0 aromatic heterocycles. The number of hydrogen-bond donors (Lipinski definition) is 1. The summed E-state index contributed by atoms with van der Waals surface area (Å²) in [6, 6.07) is 0.324. The van der Waals surface area contributed by atoms with Crippen molar-refractivity contribution in [1.82, 2.24) is 0 Å². The number of benzene rings is 1. The SMILES string of the molecule is CC(C)(C)OC(=O)N1c2c(F)cc(F)cc2C[C@H]1C(=O)O. The summed E-state index contributed by atoms with van der Waals surface area (Å²) in [7, 11) is 0. The molecule has 2 rings (SSSR count). The first-order chi connectivity index (χ1) is 9.60. The molecule has 1 heterocycles. The number of aliphatic carboxylic acids is 1. The van der Waals surface area contributed by atoms with Crippen LogP contribution < -0.4 is 4.90 Å². The molecular formula is C14H15F2NO4. The van der Waals surface area contributed by atoms with Crippen LogP contribution in [0.15, 0.2) is 12.1 Å². The van der Waals surface area contributed by atoms with Gasteiger partial charge in [0.2, 0.25) is 0 Å². The minimum Gasteiger partial charge on any atom is -0.480 e. The molecule has 5 nitrogen and oxygen atoms in total. The van der Waals surface area contributed by atoms with Crippen molar-refractivity contribution in [3.63, 3.8) is 0 Å². The van der Waals surface area contributed by atoms with Gasteiger partial charge in [-0.3, -0.25) is 4.90 Å². The highest BCUT2D eigenvalue weighted by Crippen LogP contribution is 2.36. The van der Waals surface area contributed by atoms with Crippen LogP contribution in [0.5, 0.6) is 0 Å². The molecule has 114 valence electrons. The maximum atomic E-state index is 13.9. The van der Waals surface area contributed by atoms with Gasteiger partial charge >= 0.3 is 12.1 Å². The van der Waals surface area contributed by atoms with E-state index in [0.717, 1.165) is 11.0 Å². The van der Waals surface area contributed by atoms with E-state index < -0.39 is 35.3 Å². The van der Waals surface area contributed by atoms with Crippen molar-refractivity contribution in [2.75, 3.05) is 4.90 Å². The van der Waals surface area contributed by atoms with Gasteiger partial charge in [-0.05, 0) is 32.4 Å². The molecule has 1 atom stereocenters. The van der Waals surface area contributed by atoms with E-state index in [1.165, 1.54) is 0 Å². The summed E-state index contributed by atoms with van der Waals surface area (Å²) in [5.74, 6) is -3.11. The molecule has 7 heteroatoms. The highest BCUT2D eigenvalue weighted by atomic mass is 19.1. The second kappa shape index (κ2) is 4.98. The summed E-state index contributed by atoms with van der Waals surface area (Å²) < 4.78 is 32.3. The quantitative estimate of drug-likeness (QED) is 0.866. The van der Waals surface area contributed by atoms with E-state index in [1.54, 1.807) is 20.8 Å². The number of carbonyl (C=O) groups excluding carboxylic acids is 1. The molecule has 1 aromatic rings. The highest BCUT2D eigenvalue weighted by Gasteiger charge is 2.42. The Kier molecular flexibility index (Phi) is 3.61. The fourth-order valence-electron chi connectivity index (χ4n) is 2.23. The molecule has 0 aliphatic carbocycles. The second-order valence-corrected chi connectivity index (χ2v) is 5.80. The third-order valence-electron chi connectivity index (χ3n) is 2.95. The molecule has 0 bridgehead atoms. The van der Waals surface area contributed by atoms with Crippen LogP contribution in [-0.2, 0) is 16.0 Å². The molecule has 1 aromatic carbocycles. The molecule has 21 heavy (non-hydrogen) atoms. The Bertz CT molecular complexity index is 610. The molecule has 0 radical (unpaired) electrons. The summed E-state index contributed by atoms with van der Waals surface area (Å²) in [6.07, 6.45) is -1.14. The van der Waals surface area contributed by atoms with E-state index in [4.69, 9.17) is 4.74 Å². The number of anilines is 1. The fraction of sp³-hybridized carbons (Fsp3) is 0.429. The van der Waals surface area contributed by atoms with Gasteiger partial charge in [-0.2, -0.15) is 0 Å². The number of carboxylic acids is 1. The average Bonchev–Trinajstić information content (AvgIpc) is 2.65. The summed E-state index contributed by atoms with van der Waals surface area (Å²) in [5, 5.41) is 9.20. The number of fused-ring (bicyclic) bond motifs is 1. The van der Waals surface area contributed by atoms with Gasteiger partial charge in [-0.25, -0.2) is 18.4 Å². The fourth-order valence-corrected chi connectivity index (χ4v) is 2.23. The monoisotopic (exact) mass is 299 g/mol. The van der Waals surface area contributed by atoms with Gasteiger partial charge in [0.25, 0.3) is 0 Å². The number of amides is 1. The number of hydrogen-bond acceptors (Lipinski definition) is 3. The molecular weight excluding hydrogens is 284 g/mol. The number of rotatable bonds is 1. The van der Waals surface area contributed by atoms with Gasteiger partial charge in [0, 0.05) is 12.5 Å². The number of nitrogens with zero attached hydrogens (tertiary/aromatic N) is 1. The predicted octanol–water partition coefficient (Wildman–Crippen LogP) is 2.72. The van der Waals surface area contributed by atoms with Gasteiger partial charge in [0.15, 0.2) is 0 Å². The van der Waals surface area contributed by atoms with Crippen molar-refractivity contribution >= 4 is 17.7 Å². The number of halogens is 2.